The van der Waals surface area contributed by atoms with Gasteiger partial charge in [0.15, 0.2) is 5.16 Å². The first-order chi connectivity index (χ1) is 8.31. The molecule has 2 aromatic rings. The predicted molar refractivity (Wildman–Crippen MR) is 68.2 cm³/mol. The molecule has 1 aromatic carbocycles. The summed E-state index contributed by atoms with van der Waals surface area (Å²) in [5.41, 5.74) is 6.65. The average Bonchev–Trinajstić information content (AvgIpc) is 2.36. The van der Waals surface area contributed by atoms with Gasteiger partial charge >= 0.3 is 0 Å². The minimum absolute atomic E-state index is 0.597. The number of nitrogen functional groups attached to an aromatic ring is 1. The number of para-hydroxylation sites is 1. The Morgan fingerprint density at radius 2 is 2.00 bits per heavy atom. The third-order valence-corrected chi connectivity index (χ3v) is 3.04. The first-order valence-corrected chi connectivity index (χ1v) is 6.09. The van der Waals surface area contributed by atoms with E-state index in [0.29, 0.717) is 23.2 Å². The van der Waals surface area contributed by atoms with Crippen LogP contribution in [-0.2, 0) is 0 Å². The summed E-state index contributed by atoms with van der Waals surface area (Å²) in [6.45, 7) is 2.53. The number of nitrogens with two attached hydrogens (primary N) is 1. The lowest BCUT2D eigenvalue weighted by Gasteiger charge is -2.09. The quantitative estimate of drug-likeness (QED) is 0.664. The molecule has 2 rings (SSSR count). The van der Waals surface area contributed by atoms with Crippen molar-refractivity contribution >= 4 is 17.4 Å². The molecule has 0 aliphatic heterocycles. The minimum Gasteiger partial charge on any atom is -0.492 e. The van der Waals surface area contributed by atoms with Crippen LogP contribution in [0.1, 0.15) is 6.92 Å². The summed E-state index contributed by atoms with van der Waals surface area (Å²) in [5.74, 6) is 0.702. The maximum absolute atomic E-state index is 6.02. The highest BCUT2D eigenvalue weighted by Crippen LogP contribution is 2.35. The predicted octanol–water partition coefficient (Wildman–Crippen LogP) is 2.61. The maximum Gasteiger partial charge on any atom is 0.192 e. The van der Waals surface area contributed by atoms with Gasteiger partial charge in [0.05, 0.1) is 12.3 Å². The van der Waals surface area contributed by atoms with Crippen molar-refractivity contribution in [3.63, 3.8) is 0 Å². The number of aromatic nitrogens is 2. The lowest BCUT2D eigenvalue weighted by molar-refractivity contribution is 0.341. The lowest BCUT2D eigenvalue weighted by atomic mass is 10.3. The van der Waals surface area contributed by atoms with Gasteiger partial charge in [-0.25, -0.2) is 9.97 Å². The van der Waals surface area contributed by atoms with Crippen LogP contribution in [0.5, 0.6) is 5.75 Å². The molecule has 0 aliphatic carbocycles. The van der Waals surface area contributed by atoms with E-state index in [0.717, 1.165) is 4.90 Å². The number of nitrogens with zero attached hydrogens (tertiary/aromatic N) is 2. The van der Waals surface area contributed by atoms with Crippen molar-refractivity contribution in [3.05, 3.63) is 36.7 Å². The fourth-order valence-corrected chi connectivity index (χ4v) is 2.11. The Hall–Kier alpha value is -1.75. The summed E-state index contributed by atoms with van der Waals surface area (Å²) in [6, 6.07) is 7.48. The first kappa shape index (κ1) is 11.7. The molecule has 0 spiro atoms. The minimum atomic E-state index is 0.597. The molecule has 1 aromatic heterocycles. The first-order valence-electron chi connectivity index (χ1n) is 5.27. The Balaban J connectivity index is 2.24. The zero-order chi connectivity index (χ0) is 12.1. The van der Waals surface area contributed by atoms with Crippen LogP contribution in [0.2, 0.25) is 0 Å². The molecule has 0 radical (unpaired) electrons. The summed E-state index contributed by atoms with van der Waals surface area (Å²) in [4.78, 5) is 9.20. The largest absolute Gasteiger partial charge is 0.492 e. The summed E-state index contributed by atoms with van der Waals surface area (Å²) < 4.78 is 5.44. The Bertz CT molecular complexity index is 490. The van der Waals surface area contributed by atoms with E-state index in [9.17, 15) is 0 Å². The summed E-state index contributed by atoms with van der Waals surface area (Å²) >= 11 is 1.43. The van der Waals surface area contributed by atoms with Gasteiger partial charge in [0, 0.05) is 17.3 Å². The highest BCUT2D eigenvalue weighted by Gasteiger charge is 2.08. The van der Waals surface area contributed by atoms with Gasteiger partial charge in [0.25, 0.3) is 0 Å². The summed E-state index contributed by atoms with van der Waals surface area (Å²) in [6.07, 6.45) is 3.41. The molecular formula is C12H13N3OS. The molecule has 0 bridgehead atoms. The van der Waals surface area contributed by atoms with Gasteiger partial charge in [0.2, 0.25) is 0 Å². The number of ether oxygens (including phenoxy) is 1. The van der Waals surface area contributed by atoms with Crippen LogP contribution in [0.25, 0.3) is 0 Å². The smallest absolute Gasteiger partial charge is 0.192 e. The van der Waals surface area contributed by atoms with E-state index in [1.54, 1.807) is 18.5 Å². The fourth-order valence-electron chi connectivity index (χ4n) is 1.33. The molecule has 88 valence electrons. The van der Waals surface area contributed by atoms with Crippen molar-refractivity contribution in [2.24, 2.45) is 0 Å². The van der Waals surface area contributed by atoms with E-state index in [-0.39, 0.29) is 0 Å². The molecule has 0 unspecified atom stereocenters. The average molecular weight is 247 g/mol. The van der Waals surface area contributed by atoms with Crippen LogP contribution in [0, 0.1) is 0 Å². The molecule has 0 aliphatic rings. The fraction of sp³-hybridized carbons (Fsp3) is 0.167. The van der Waals surface area contributed by atoms with Crippen molar-refractivity contribution in [2.75, 3.05) is 12.3 Å². The van der Waals surface area contributed by atoms with Crippen molar-refractivity contribution in [2.45, 2.75) is 17.0 Å². The van der Waals surface area contributed by atoms with E-state index < -0.39 is 0 Å². The number of hydrogen-bond donors (Lipinski definition) is 1. The van der Waals surface area contributed by atoms with Gasteiger partial charge < -0.3 is 10.5 Å². The lowest BCUT2D eigenvalue weighted by Crippen LogP contribution is -1.98. The highest BCUT2D eigenvalue weighted by atomic mass is 32.2. The molecule has 2 N–H and O–H groups in total. The van der Waals surface area contributed by atoms with Gasteiger partial charge in [0.1, 0.15) is 5.75 Å². The normalized spacial score (nSPS) is 10.2. The second-order valence-corrected chi connectivity index (χ2v) is 4.24. The molecule has 0 fully saturated rings. The van der Waals surface area contributed by atoms with Gasteiger partial charge in [-0.05, 0) is 36.9 Å². The monoisotopic (exact) mass is 247 g/mol. The van der Waals surface area contributed by atoms with E-state index >= 15 is 0 Å². The number of benzene rings is 1. The second-order valence-electron chi connectivity index (χ2n) is 3.23. The molecule has 5 heteroatoms. The SMILES string of the molecule is CCOc1cccc(Sc2ncccn2)c1N. The molecule has 0 saturated heterocycles. The topological polar surface area (TPSA) is 61.0 Å². The Kier molecular flexibility index (Phi) is 3.82. The van der Waals surface area contributed by atoms with Crippen molar-refractivity contribution in [3.8, 4) is 5.75 Å². The molecule has 0 atom stereocenters. The standard InChI is InChI=1S/C12H13N3OS/c1-2-16-9-5-3-6-10(11(9)13)17-12-14-7-4-8-15-12/h3-8H,2,13H2,1H3. The summed E-state index contributed by atoms with van der Waals surface area (Å²) in [7, 11) is 0. The van der Waals surface area contributed by atoms with Crippen molar-refractivity contribution < 1.29 is 4.74 Å². The van der Waals surface area contributed by atoms with E-state index in [1.165, 1.54) is 11.8 Å². The zero-order valence-corrected chi connectivity index (χ0v) is 10.3. The van der Waals surface area contributed by atoms with Crippen LogP contribution in [-0.4, -0.2) is 16.6 Å². The zero-order valence-electron chi connectivity index (χ0n) is 9.46. The van der Waals surface area contributed by atoms with E-state index in [1.807, 2.05) is 25.1 Å². The molecular weight excluding hydrogens is 234 g/mol. The molecule has 1 heterocycles. The Morgan fingerprint density at radius 3 is 2.71 bits per heavy atom. The highest BCUT2D eigenvalue weighted by molar-refractivity contribution is 7.99. The molecule has 17 heavy (non-hydrogen) atoms. The van der Waals surface area contributed by atoms with Crippen LogP contribution in [0.4, 0.5) is 5.69 Å². The van der Waals surface area contributed by atoms with Gasteiger partial charge in [-0.2, -0.15) is 0 Å². The van der Waals surface area contributed by atoms with Crippen LogP contribution in [0.15, 0.2) is 46.7 Å². The van der Waals surface area contributed by atoms with Crippen LogP contribution >= 0.6 is 11.8 Å². The maximum atomic E-state index is 6.02. The second kappa shape index (κ2) is 5.54. The van der Waals surface area contributed by atoms with E-state index in [4.69, 9.17) is 10.5 Å². The van der Waals surface area contributed by atoms with Gasteiger partial charge in [-0.3, -0.25) is 0 Å². The van der Waals surface area contributed by atoms with Crippen molar-refractivity contribution in [1.29, 1.82) is 0 Å². The third-order valence-electron chi connectivity index (χ3n) is 2.07. The van der Waals surface area contributed by atoms with E-state index in [2.05, 4.69) is 9.97 Å². The van der Waals surface area contributed by atoms with Crippen LogP contribution < -0.4 is 10.5 Å². The van der Waals surface area contributed by atoms with Gasteiger partial charge in [-0.1, -0.05) is 6.07 Å². The number of rotatable bonds is 4. The van der Waals surface area contributed by atoms with Crippen molar-refractivity contribution in [1.82, 2.24) is 9.97 Å². The molecule has 0 amide bonds. The number of hydrogen-bond acceptors (Lipinski definition) is 5. The Morgan fingerprint density at radius 1 is 1.24 bits per heavy atom. The Labute approximate surface area is 104 Å². The van der Waals surface area contributed by atoms with Crippen LogP contribution in [0.3, 0.4) is 0 Å². The molecule has 0 saturated carbocycles. The summed E-state index contributed by atoms with van der Waals surface area (Å²) in [5, 5.41) is 0.674. The molecule has 4 nitrogen and oxygen atoms in total. The number of anilines is 1. The van der Waals surface area contributed by atoms with Gasteiger partial charge in [-0.15, -0.1) is 0 Å². The third kappa shape index (κ3) is 2.88.